The molecule has 1 saturated heterocycles. The largest absolute Gasteiger partial charge is 0.469 e. The van der Waals surface area contributed by atoms with E-state index < -0.39 is 0 Å². The van der Waals surface area contributed by atoms with Crippen molar-refractivity contribution < 1.29 is 9.53 Å². The second-order valence-electron chi connectivity index (χ2n) is 4.16. The zero-order valence-electron chi connectivity index (χ0n) is 9.48. The number of carbonyl (C=O) groups excluding carboxylic acids is 1. The Morgan fingerprint density at radius 3 is 2.81 bits per heavy atom. The molecule has 0 aromatic heterocycles. The monoisotopic (exact) mass is 219 g/mol. The van der Waals surface area contributed by atoms with Crippen molar-refractivity contribution in [1.82, 2.24) is 5.32 Å². The first kappa shape index (κ1) is 11.1. The molecule has 1 fully saturated rings. The second kappa shape index (κ2) is 5.12. The van der Waals surface area contributed by atoms with Crippen LogP contribution in [0.5, 0.6) is 0 Å². The normalized spacial score (nSPS) is 25.1. The third kappa shape index (κ3) is 2.42. The van der Waals surface area contributed by atoms with E-state index in [0.717, 1.165) is 19.4 Å². The Morgan fingerprint density at radius 2 is 2.12 bits per heavy atom. The highest BCUT2D eigenvalue weighted by atomic mass is 16.5. The zero-order valence-corrected chi connectivity index (χ0v) is 9.48. The van der Waals surface area contributed by atoms with Crippen molar-refractivity contribution >= 4 is 5.97 Å². The van der Waals surface area contributed by atoms with Gasteiger partial charge in [-0.3, -0.25) is 4.79 Å². The van der Waals surface area contributed by atoms with Crippen LogP contribution < -0.4 is 5.32 Å². The van der Waals surface area contributed by atoms with Gasteiger partial charge in [-0.15, -0.1) is 0 Å². The quantitative estimate of drug-likeness (QED) is 0.772. The summed E-state index contributed by atoms with van der Waals surface area (Å²) in [6.45, 7) is 0.874. The van der Waals surface area contributed by atoms with Crippen molar-refractivity contribution in [3.05, 3.63) is 35.9 Å². The van der Waals surface area contributed by atoms with Crippen LogP contribution in [-0.4, -0.2) is 19.6 Å². The number of hydrogen-bond acceptors (Lipinski definition) is 3. The zero-order chi connectivity index (χ0) is 11.4. The number of esters is 1. The van der Waals surface area contributed by atoms with Gasteiger partial charge >= 0.3 is 5.97 Å². The van der Waals surface area contributed by atoms with Crippen LogP contribution in [0.2, 0.25) is 0 Å². The summed E-state index contributed by atoms with van der Waals surface area (Å²) in [5, 5.41) is 3.44. The molecule has 1 aliphatic heterocycles. The van der Waals surface area contributed by atoms with Crippen LogP contribution in [0.3, 0.4) is 0 Å². The van der Waals surface area contributed by atoms with Crippen LogP contribution in [0, 0.1) is 5.92 Å². The van der Waals surface area contributed by atoms with Crippen LogP contribution in [0.1, 0.15) is 24.4 Å². The molecule has 16 heavy (non-hydrogen) atoms. The van der Waals surface area contributed by atoms with Gasteiger partial charge in [0.25, 0.3) is 0 Å². The maximum absolute atomic E-state index is 11.5. The van der Waals surface area contributed by atoms with Gasteiger partial charge in [0, 0.05) is 6.04 Å². The molecule has 0 unspecified atom stereocenters. The van der Waals surface area contributed by atoms with Crippen LogP contribution in [0.25, 0.3) is 0 Å². The molecule has 0 amide bonds. The van der Waals surface area contributed by atoms with Crippen molar-refractivity contribution in [2.24, 2.45) is 5.92 Å². The van der Waals surface area contributed by atoms with Gasteiger partial charge in [-0.1, -0.05) is 30.3 Å². The van der Waals surface area contributed by atoms with Crippen molar-refractivity contribution in [3.63, 3.8) is 0 Å². The fraction of sp³-hybridized carbons (Fsp3) is 0.462. The Bertz CT molecular complexity index is 350. The highest BCUT2D eigenvalue weighted by Crippen LogP contribution is 2.27. The molecule has 86 valence electrons. The Balaban J connectivity index is 2.05. The van der Waals surface area contributed by atoms with E-state index in [0.29, 0.717) is 0 Å². The first-order chi connectivity index (χ1) is 7.81. The summed E-state index contributed by atoms with van der Waals surface area (Å²) in [5.41, 5.74) is 1.25. The van der Waals surface area contributed by atoms with Crippen molar-refractivity contribution in [2.75, 3.05) is 13.7 Å². The lowest BCUT2D eigenvalue weighted by molar-refractivity contribution is -0.146. The first-order valence-electron chi connectivity index (χ1n) is 5.67. The second-order valence-corrected chi connectivity index (χ2v) is 4.16. The average molecular weight is 219 g/mol. The summed E-state index contributed by atoms with van der Waals surface area (Å²) in [6, 6.07) is 10.5. The lowest BCUT2D eigenvalue weighted by atomic mass is 9.89. The molecule has 0 saturated carbocycles. The summed E-state index contributed by atoms with van der Waals surface area (Å²) in [5.74, 6) is -0.0427. The maximum atomic E-state index is 11.5. The van der Waals surface area contributed by atoms with Gasteiger partial charge in [0.05, 0.1) is 13.0 Å². The minimum atomic E-state index is -0.0811. The number of piperidine rings is 1. The molecule has 1 N–H and O–H groups in total. The molecule has 1 heterocycles. The standard InChI is InChI=1S/C13H17NO2/c1-16-13(15)11-7-8-14-12(9-11)10-5-3-2-4-6-10/h2-6,11-12,14H,7-9H2,1H3/t11-,12+/m1/s1. The molecule has 0 bridgehead atoms. The van der Waals surface area contributed by atoms with E-state index in [2.05, 4.69) is 17.4 Å². The minimum Gasteiger partial charge on any atom is -0.469 e. The number of nitrogens with one attached hydrogen (secondary N) is 1. The van der Waals surface area contributed by atoms with Gasteiger partial charge in [0.15, 0.2) is 0 Å². The van der Waals surface area contributed by atoms with E-state index in [1.807, 2.05) is 18.2 Å². The maximum Gasteiger partial charge on any atom is 0.308 e. The first-order valence-corrected chi connectivity index (χ1v) is 5.67. The molecular weight excluding hydrogens is 202 g/mol. The molecule has 3 nitrogen and oxygen atoms in total. The Labute approximate surface area is 95.8 Å². The van der Waals surface area contributed by atoms with Gasteiger partial charge in [0.1, 0.15) is 0 Å². The third-order valence-electron chi connectivity index (χ3n) is 3.14. The predicted molar refractivity (Wildman–Crippen MR) is 61.9 cm³/mol. The summed E-state index contributed by atoms with van der Waals surface area (Å²) in [4.78, 5) is 11.5. The van der Waals surface area contributed by atoms with Gasteiger partial charge in [-0.2, -0.15) is 0 Å². The van der Waals surface area contributed by atoms with E-state index in [1.165, 1.54) is 12.7 Å². The fourth-order valence-corrected chi connectivity index (χ4v) is 2.24. The molecular formula is C13H17NO2. The summed E-state index contributed by atoms with van der Waals surface area (Å²) < 4.78 is 4.81. The molecule has 3 heteroatoms. The lowest BCUT2D eigenvalue weighted by Crippen LogP contribution is -2.35. The van der Waals surface area contributed by atoms with Gasteiger partial charge in [-0.05, 0) is 24.9 Å². The molecule has 0 aliphatic carbocycles. The molecule has 2 rings (SSSR count). The highest BCUT2D eigenvalue weighted by molar-refractivity contribution is 5.72. The van der Waals surface area contributed by atoms with E-state index in [9.17, 15) is 4.79 Å². The highest BCUT2D eigenvalue weighted by Gasteiger charge is 2.28. The fourth-order valence-electron chi connectivity index (χ4n) is 2.24. The number of rotatable bonds is 2. The van der Waals surface area contributed by atoms with Crippen LogP contribution in [0.4, 0.5) is 0 Å². The Kier molecular flexibility index (Phi) is 3.57. The summed E-state index contributed by atoms with van der Waals surface area (Å²) in [6.07, 6.45) is 1.70. The van der Waals surface area contributed by atoms with E-state index in [-0.39, 0.29) is 17.9 Å². The van der Waals surface area contributed by atoms with Gasteiger partial charge < -0.3 is 10.1 Å². The smallest absolute Gasteiger partial charge is 0.308 e. The summed E-state index contributed by atoms with van der Waals surface area (Å²) in [7, 11) is 1.46. The van der Waals surface area contributed by atoms with Crippen molar-refractivity contribution in [2.45, 2.75) is 18.9 Å². The van der Waals surface area contributed by atoms with Crippen LogP contribution >= 0.6 is 0 Å². The molecule has 1 aromatic carbocycles. The number of hydrogen-bond donors (Lipinski definition) is 1. The lowest BCUT2D eigenvalue weighted by Gasteiger charge is -2.29. The third-order valence-corrected chi connectivity index (χ3v) is 3.14. The van der Waals surface area contributed by atoms with Crippen LogP contribution in [-0.2, 0) is 9.53 Å². The Morgan fingerprint density at radius 1 is 1.38 bits per heavy atom. The Hall–Kier alpha value is -1.35. The van der Waals surface area contributed by atoms with Crippen LogP contribution in [0.15, 0.2) is 30.3 Å². The van der Waals surface area contributed by atoms with E-state index in [1.54, 1.807) is 0 Å². The molecule has 0 radical (unpaired) electrons. The van der Waals surface area contributed by atoms with Crippen molar-refractivity contribution in [3.8, 4) is 0 Å². The number of methoxy groups -OCH3 is 1. The van der Waals surface area contributed by atoms with Gasteiger partial charge in [-0.25, -0.2) is 0 Å². The predicted octanol–water partition coefficient (Wildman–Crippen LogP) is 1.90. The van der Waals surface area contributed by atoms with E-state index in [4.69, 9.17) is 4.74 Å². The molecule has 0 spiro atoms. The number of benzene rings is 1. The van der Waals surface area contributed by atoms with Crippen molar-refractivity contribution in [1.29, 1.82) is 0 Å². The molecule has 2 atom stereocenters. The number of carbonyl (C=O) groups is 1. The average Bonchev–Trinajstić information content (AvgIpc) is 2.39. The molecule has 1 aromatic rings. The molecule has 1 aliphatic rings. The SMILES string of the molecule is COC(=O)[C@@H]1CCN[C@H](c2ccccc2)C1. The number of ether oxygens (including phenoxy) is 1. The minimum absolute atomic E-state index is 0.0384. The van der Waals surface area contributed by atoms with Gasteiger partial charge in [0.2, 0.25) is 0 Å². The van der Waals surface area contributed by atoms with E-state index >= 15 is 0 Å². The topological polar surface area (TPSA) is 38.3 Å². The summed E-state index contributed by atoms with van der Waals surface area (Å²) >= 11 is 0.